The van der Waals surface area contributed by atoms with Crippen molar-refractivity contribution in [3.63, 3.8) is 0 Å². The number of hydrogen-bond donors (Lipinski definition) is 2. The quantitative estimate of drug-likeness (QED) is 0.259. The van der Waals surface area contributed by atoms with E-state index in [9.17, 15) is 27.6 Å². The molecule has 9 nitrogen and oxygen atoms in total. The van der Waals surface area contributed by atoms with Gasteiger partial charge in [0.1, 0.15) is 5.75 Å². The SMILES string of the molecule is CCn1cc(-c2ccc(CC(CNC(=O)CN3CCC3)NC(=O)c3ccc(OC(C)C(F)(F)F)c(Cl)c3)cc2)nc1C(C)=O. The maximum atomic E-state index is 13.2. The Morgan fingerprint density at radius 2 is 1.82 bits per heavy atom. The van der Waals surface area contributed by atoms with Gasteiger partial charge in [0.25, 0.3) is 5.91 Å². The smallest absolute Gasteiger partial charge is 0.425 e. The number of nitrogens with one attached hydrogen (secondary N) is 2. The third-order valence-corrected chi connectivity index (χ3v) is 7.61. The van der Waals surface area contributed by atoms with Gasteiger partial charge >= 0.3 is 6.18 Å². The average Bonchev–Trinajstić information content (AvgIpc) is 3.39. The van der Waals surface area contributed by atoms with Crippen LogP contribution in [0.3, 0.4) is 0 Å². The van der Waals surface area contributed by atoms with E-state index in [-0.39, 0.29) is 41.1 Å². The van der Waals surface area contributed by atoms with E-state index in [1.807, 2.05) is 42.3 Å². The van der Waals surface area contributed by atoms with Crippen LogP contribution in [0, 0.1) is 0 Å². The Bertz CT molecular complexity index is 1490. The van der Waals surface area contributed by atoms with E-state index in [1.165, 1.54) is 25.1 Å². The number of nitrogens with zero attached hydrogens (tertiary/aromatic N) is 3. The van der Waals surface area contributed by atoms with Crippen molar-refractivity contribution in [1.82, 2.24) is 25.1 Å². The summed E-state index contributed by atoms with van der Waals surface area (Å²) in [6.45, 7) is 7.05. The van der Waals surface area contributed by atoms with Gasteiger partial charge in [0, 0.05) is 37.3 Å². The molecule has 3 aromatic rings. The predicted molar refractivity (Wildman–Crippen MR) is 160 cm³/mol. The van der Waals surface area contributed by atoms with Gasteiger partial charge < -0.3 is 19.9 Å². The number of carbonyl (C=O) groups is 3. The van der Waals surface area contributed by atoms with Crippen LogP contribution in [0.4, 0.5) is 13.2 Å². The molecule has 1 fully saturated rings. The first-order chi connectivity index (χ1) is 20.8. The molecule has 4 rings (SSSR count). The van der Waals surface area contributed by atoms with Crippen LogP contribution < -0.4 is 15.4 Å². The second kappa shape index (κ2) is 14.3. The van der Waals surface area contributed by atoms with Gasteiger partial charge in [-0.25, -0.2) is 4.98 Å². The maximum Gasteiger partial charge on any atom is 0.425 e. The summed E-state index contributed by atoms with van der Waals surface area (Å²) in [5.41, 5.74) is 2.49. The van der Waals surface area contributed by atoms with E-state index in [2.05, 4.69) is 15.6 Å². The van der Waals surface area contributed by atoms with Gasteiger partial charge in [0.05, 0.1) is 23.3 Å². The third kappa shape index (κ3) is 8.60. The van der Waals surface area contributed by atoms with E-state index in [1.54, 1.807) is 4.57 Å². The molecule has 2 N–H and O–H groups in total. The number of ether oxygens (including phenoxy) is 1. The van der Waals surface area contributed by atoms with Crippen molar-refractivity contribution in [3.05, 3.63) is 70.6 Å². The molecular weight excluding hydrogens is 599 g/mol. The number of imidazole rings is 1. The highest BCUT2D eigenvalue weighted by atomic mass is 35.5. The van der Waals surface area contributed by atoms with Gasteiger partial charge in [0.15, 0.2) is 17.7 Å². The predicted octanol–water partition coefficient (Wildman–Crippen LogP) is 4.92. The number of benzene rings is 2. The molecule has 1 aliphatic heterocycles. The number of Topliss-reactive ketones (excluding diaryl/α,β-unsaturated/α-hetero) is 1. The summed E-state index contributed by atoms with van der Waals surface area (Å²) < 4.78 is 45.4. The zero-order valence-corrected chi connectivity index (χ0v) is 25.5. The third-order valence-electron chi connectivity index (χ3n) is 7.32. The summed E-state index contributed by atoms with van der Waals surface area (Å²) in [6.07, 6.45) is -3.39. The number of aryl methyl sites for hydroxylation is 1. The molecule has 2 aromatic carbocycles. The van der Waals surface area contributed by atoms with Crippen molar-refractivity contribution < 1.29 is 32.3 Å². The van der Waals surface area contributed by atoms with Gasteiger partial charge in [-0.1, -0.05) is 35.9 Å². The van der Waals surface area contributed by atoms with Gasteiger partial charge in [-0.05, 0) is 63.5 Å². The van der Waals surface area contributed by atoms with E-state index >= 15 is 0 Å². The fraction of sp³-hybridized carbons (Fsp3) is 0.419. The molecule has 1 aromatic heterocycles. The molecule has 0 aliphatic carbocycles. The second-order valence-electron chi connectivity index (χ2n) is 10.7. The molecule has 2 unspecified atom stereocenters. The second-order valence-corrected chi connectivity index (χ2v) is 11.2. The summed E-state index contributed by atoms with van der Waals surface area (Å²) in [4.78, 5) is 44.1. The fourth-order valence-electron chi connectivity index (χ4n) is 4.65. The summed E-state index contributed by atoms with van der Waals surface area (Å²) in [7, 11) is 0. The maximum absolute atomic E-state index is 13.2. The number of aromatic nitrogens is 2. The van der Waals surface area contributed by atoms with Crippen molar-refractivity contribution in [3.8, 4) is 17.0 Å². The Labute approximate surface area is 258 Å². The molecule has 236 valence electrons. The van der Waals surface area contributed by atoms with Crippen molar-refractivity contribution in [2.75, 3.05) is 26.2 Å². The number of alkyl halides is 3. The van der Waals surface area contributed by atoms with Crippen molar-refractivity contribution in [2.45, 2.75) is 58.5 Å². The lowest BCUT2D eigenvalue weighted by atomic mass is 10.0. The molecule has 2 atom stereocenters. The lowest BCUT2D eigenvalue weighted by Gasteiger charge is -2.30. The number of likely N-dealkylation sites (tertiary alicyclic amines) is 1. The molecular formula is C31H35ClF3N5O4. The van der Waals surface area contributed by atoms with Crippen molar-refractivity contribution in [1.29, 1.82) is 0 Å². The monoisotopic (exact) mass is 633 g/mol. The Morgan fingerprint density at radius 1 is 1.11 bits per heavy atom. The molecule has 44 heavy (non-hydrogen) atoms. The van der Waals surface area contributed by atoms with Crippen molar-refractivity contribution >= 4 is 29.2 Å². The number of rotatable bonds is 13. The van der Waals surface area contributed by atoms with E-state index in [0.29, 0.717) is 24.5 Å². The first-order valence-corrected chi connectivity index (χ1v) is 14.7. The van der Waals surface area contributed by atoms with Crippen LogP contribution in [0.5, 0.6) is 5.75 Å². The molecule has 0 spiro atoms. The number of hydrogen-bond acceptors (Lipinski definition) is 6. The highest BCUT2D eigenvalue weighted by Gasteiger charge is 2.38. The molecule has 1 aliphatic rings. The number of carbonyl (C=O) groups excluding carboxylic acids is 3. The van der Waals surface area contributed by atoms with Crippen LogP contribution in [-0.4, -0.2) is 76.5 Å². The van der Waals surface area contributed by atoms with Gasteiger partial charge in [-0.2, -0.15) is 13.2 Å². The number of ketones is 1. The van der Waals surface area contributed by atoms with Crippen LogP contribution in [0.2, 0.25) is 5.02 Å². The van der Waals surface area contributed by atoms with Crippen LogP contribution in [-0.2, 0) is 17.8 Å². The van der Waals surface area contributed by atoms with E-state index < -0.39 is 24.2 Å². The summed E-state index contributed by atoms with van der Waals surface area (Å²) in [5.74, 6) is -0.595. The zero-order chi connectivity index (χ0) is 32.0. The van der Waals surface area contributed by atoms with Crippen LogP contribution in [0.1, 0.15) is 53.7 Å². The number of amides is 2. The van der Waals surface area contributed by atoms with Crippen LogP contribution >= 0.6 is 11.6 Å². The Balaban J connectivity index is 1.47. The first kappa shape index (κ1) is 33.0. The Morgan fingerprint density at radius 3 is 2.36 bits per heavy atom. The highest BCUT2D eigenvalue weighted by Crippen LogP contribution is 2.31. The van der Waals surface area contributed by atoms with Crippen LogP contribution in [0.25, 0.3) is 11.3 Å². The van der Waals surface area contributed by atoms with Gasteiger partial charge in [0.2, 0.25) is 5.91 Å². The molecule has 1 saturated heterocycles. The van der Waals surface area contributed by atoms with Gasteiger partial charge in [-0.15, -0.1) is 0 Å². The van der Waals surface area contributed by atoms with E-state index in [4.69, 9.17) is 16.3 Å². The summed E-state index contributed by atoms with van der Waals surface area (Å²) in [6, 6.07) is 10.8. The normalized spacial score (nSPS) is 14.8. The molecule has 2 amide bonds. The molecule has 0 radical (unpaired) electrons. The minimum atomic E-state index is -4.57. The lowest BCUT2D eigenvalue weighted by molar-refractivity contribution is -0.189. The lowest BCUT2D eigenvalue weighted by Crippen LogP contribution is -2.49. The largest absolute Gasteiger partial charge is 0.480 e. The molecule has 2 heterocycles. The number of halogens is 4. The Kier molecular flexibility index (Phi) is 10.7. The fourth-order valence-corrected chi connectivity index (χ4v) is 4.87. The molecule has 13 heteroatoms. The average molecular weight is 634 g/mol. The molecule has 0 bridgehead atoms. The van der Waals surface area contributed by atoms with Crippen LogP contribution in [0.15, 0.2) is 48.7 Å². The summed E-state index contributed by atoms with van der Waals surface area (Å²) in [5, 5.41) is 5.66. The minimum Gasteiger partial charge on any atom is -0.480 e. The minimum absolute atomic E-state index is 0.122. The Hall–Kier alpha value is -3.90. The highest BCUT2D eigenvalue weighted by molar-refractivity contribution is 6.32. The van der Waals surface area contributed by atoms with Gasteiger partial charge in [-0.3, -0.25) is 19.3 Å². The zero-order valence-electron chi connectivity index (χ0n) is 24.7. The topological polar surface area (TPSA) is 106 Å². The summed E-state index contributed by atoms with van der Waals surface area (Å²) >= 11 is 6.15. The van der Waals surface area contributed by atoms with Crippen molar-refractivity contribution in [2.24, 2.45) is 0 Å². The molecule has 0 saturated carbocycles. The standard InChI is InChI=1S/C31H35ClF3N5O4/c1-4-40-17-26(38-29(40)19(2)41)22-8-6-21(7-9-22)14-24(16-36-28(42)18-39-12-5-13-39)37-30(43)23-10-11-27(25(32)15-23)44-20(3)31(33,34)35/h6-11,15,17,20,24H,4-5,12-14,16,18H2,1-3H3,(H,36,42)(H,37,43). The first-order valence-electron chi connectivity index (χ1n) is 14.3. The van der Waals surface area contributed by atoms with E-state index in [0.717, 1.165) is 37.6 Å².